The number of benzene rings is 1. The van der Waals surface area contributed by atoms with Crippen molar-refractivity contribution in [3.63, 3.8) is 0 Å². The Balaban J connectivity index is 0.00000176. The Morgan fingerprint density at radius 3 is 2.41 bits per heavy atom. The van der Waals surface area contributed by atoms with E-state index in [2.05, 4.69) is 48.0 Å². The van der Waals surface area contributed by atoms with Crippen molar-refractivity contribution >= 4 is 12.4 Å². The maximum Gasteiger partial charge on any atom is 0.0237 e. The molecule has 2 aliphatic rings. The maximum absolute atomic E-state index is 3.45. The average Bonchev–Trinajstić information content (AvgIpc) is 2.94. The maximum atomic E-state index is 3.45. The van der Waals surface area contributed by atoms with Crippen molar-refractivity contribution < 1.29 is 0 Å². The van der Waals surface area contributed by atoms with Gasteiger partial charge in [-0.1, -0.05) is 12.1 Å². The normalized spacial score (nSPS) is 23.5. The van der Waals surface area contributed by atoms with Gasteiger partial charge >= 0.3 is 0 Å². The summed E-state index contributed by atoms with van der Waals surface area (Å²) in [4.78, 5) is 5.33. The molecule has 1 aromatic carbocycles. The molecule has 0 aromatic heterocycles. The summed E-state index contributed by atoms with van der Waals surface area (Å²) in [6, 6.07) is 5.51. The summed E-state index contributed by atoms with van der Waals surface area (Å²) in [5, 5.41) is 3.45. The molecule has 124 valence electrons. The van der Waals surface area contributed by atoms with Crippen LogP contribution in [0.25, 0.3) is 0 Å². The Bertz CT molecular complexity index is 497. The molecule has 0 amide bonds. The van der Waals surface area contributed by atoms with Gasteiger partial charge in [0, 0.05) is 51.9 Å². The van der Waals surface area contributed by atoms with Gasteiger partial charge in [0.1, 0.15) is 0 Å². The van der Waals surface area contributed by atoms with Crippen LogP contribution in [0.4, 0.5) is 0 Å². The number of hydrogen-bond acceptors (Lipinski definition) is 3. The zero-order chi connectivity index (χ0) is 14.8. The fraction of sp³-hybridized carbons (Fsp3) is 0.667. The van der Waals surface area contributed by atoms with Gasteiger partial charge in [-0.2, -0.15) is 0 Å². The number of nitrogens with one attached hydrogen (secondary N) is 1. The second-order valence-electron chi connectivity index (χ2n) is 6.83. The van der Waals surface area contributed by atoms with E-state index in [-0.39, 0.29) is 12.4 Å². The third-order valence-electron chi connectivity index (χ3n) is 5.26. The summed E-state index contributed by atoms with van der Waals surface area (Å²) in [6.45, 7) is 15.1. The lowest BCUT2D eigenvalue weighted by Gasteiger charge is -2.32. The van der Waals surface area contributed by atoms with Crippen LogP contribution in [-0.4, -0.2) is 55.1 Å². The molecule has 2 fully saturated rings. The van der Waals surface area contributed by atoms with Gasteiger partial charge in [-0.05, 0) is 49.4 Å². The number of rotatable bonds is 3. The summed E-state index contributed by atoms with van der Waals surface area (Å²) in [6.07, 6.45) is 1.34. The topological polar surface area (TPSA) is 18.5 Å². The zero-order valence-electron chi connectivity index (χ0n) is 14.2. The lowest BCUT2D eigenvalue weighted by Crippen LogP contribution is -2.49. The molecule has 2 aliphatic heterocycles. The first-order valence-corrected chi connectivity index (χ1v) is 8.37. The molecule has 22 heavy (non-hydrogen) atoms. The zero-order valence-corrected chi connectivity index (χ0v) is 15.0. The highest BCUT2D eigenvalue weighted by Gasteiger charge is 2.28. The van der Waals surface area contributed by atoms with E-state index in [9.17, 15) is 0 Å². The Morgan fingerprint density at radius 2 is 1.68 bits per heavy atom. The van der Waals surface area contributed by atoms with Gasteiger partial charge in [0.25, 0.3) is 0 Å². The minimum absolute atomic E-state index is 0. The molecular formula is C18H30ClN3. The third kappa shape index (κ3) is 4.02. The van der Waals surface area contributed by atoms with E-state index in [4.69, 9.17) is 0 Å². The van der Waals surface area contributed by atoms with Crippen LogP contribution in [0.3, 0.4) is 0 Å². The fourth-order valence-corrected chi connectivity index (χ4v) is 3.73. The summed E-state index contributed by atoms with van der Waals surface area (Å²) < 4.78 is 0. The summed E-state index contributed by atoms with van der Waals surface area (Å²) in [5.41, 5.74) is 5.80. The smallest absolute Gasteiger partial charge is 0.0237 e. The molecule has 0 bridgehead atoms. The van der Waals surface area contributed by atoms with E-state index >= 15 is 0 Å². The fourth-order valence-electron chi connectivity index (χ4n) is 3.73. The van der Waals surface area contributed by atoms with Crippen LogP contribution in [0, 0.1) is 20.8 Å². The monoisotopic (exact) mass is 323 g/mol. The molecule has 3 nitrogen and oxygen atoms in total. The van der Waals surface area contributed by atoms with Crippen LogP contribution < -0.4 is 5.32 Å². The third-order valence-corrected chi connectivity index (χ3v) is 5.26. The molecule has 3 rings (SSSR count). The predicted molar refractivity (Wildman–Crippen MR) is 96.0 cm³/mol. The first kappa shape index (κ1) is 17.7. The number of piperazine rings is 1. The van der Waals surface area contributed by atoms with E-state index in [0.717, 1.165) is 25.7 Å². The van der Waals surface area contributed by atoms with Crippen LogP contribution >= 0.6 is 12.4 Å². The van der Waals surface area contributed by atoms with E-state index in [1.807, 2.05) is 0 Å². The van der Waals surface area contributed by atoms with Crippen LogP contribution in [0.5, 0.6) is 0 Å². The molecule has 1 N–H and O–H groups in total. The summed E-state index contributed by atoms with van der Waals surface area (Å²) in [5.74, 6) is 0. The Labute approximate surface area is 141 Å². The summed E-state index contributed by atoms with van der Waals surface area (Å²) in [7, 11) is 0. The van der Waals surface area contributed by atoms with Crippen LogP contribution in [-0.2, 0) is 6.54 Å². The molecule has 2 heterocycles. The Kier molecular flexibility index (Phi) is 6.27. The van der Waals surface area contributed by atoms with Crippen molar-refractivity contribution in [1.82, 2.24) is 15.1 Å². The highest BCUT2D eigenvalue weighted by atomic mass is 35.5. The minimum Gasteiger partial charge on any atom is -0.314 e. The quantitative estimate of drug-likeness (QED) is 0.922. The van der Waals surface area contributed by atoms with E-state index in [1.165, 1.54) is 54.9 Å². The van der Waals surface area contributed by atoms with E-state index in [1.54, 1.807) is 0 Å². The predicted octanol–water partition coefficient (Wildman–Crippen LogP) is 2.51. The van der Waals surface area contributed by atoms with Crippen molar-refractivity contribution in [3.05, 3.63) is 34.4 Å². The number of hydrogen-bond donors (Lipinski definition) is 1. The molecule has 0 spiro atoms. The van der Waals surface area contributed by atoms with Crippen LogP contribution in [0.2, 0.25) is 0 Å². The highest BCUT2D eigenvalue weighted by Crippen LogP contribution is 2.22. The molecule has 0 saturated carbocycles. The van der Waals surface area contributed by atoms with Crippen LogP contribution in [0.1, 0.15) is 28.7 Å². The number of likely N-dealkylation sites (tertiary alicyclic amines) is 1. The van der Waals surface area contributed by atoms with Gasteiger partial charge in [0.15, 0.2) is 0 Å². The SMILES string of the molecule is Cc1cc(C)c(CN2CCC(N3CCNCC3)C2)cc1C.Cl. The molecule has 0 radical (unpaired) electrons. The first-order valence-electron chi connectivity index (χ1n) is 8.37. The molecule has 2 saturated heterocycles. The Hall–Kier alpha value is -0.610. The Morgan fingerprint density at radius 1 is 1.00 bits per heavy atom. The van der Waals surface area contributed by atoms with Crippen molar-refractivity contribution in [2.24, 2.45) is 0 Å². The molecule has 1 atom stereocenters. The second-order valence-corrected chi connectivity index (χ2v) is 6.83. The van der Waals surface area contributed by atoms with Gasteiger partial charge in [-0.15, -0.1) is 12.4 Å². The molecule has 1 aromatic rings. The van der Waals surface area contributed by atoms with E-state index < -0.39 is 0 Å². The standard InChI is InChI=1S/C18H29N3.ClH/c1-14-10-16(3)17(11-15(14)2)12-20-7-4-18(13-20)21-8-5-19-6-9-21;/h10-11,18-19H,4-9,12-13H2,1-3H3;1H. The largest absolute Gasteiger partial charge is 0.314 e. The van der Waals surface area contributed by atoms with Crippen molar-refractivity contribution in [3.8, 4) is 0 Å². The van der Waals surface area contributed by atoms with Gasteiger partial charge in [0.05, 0.1) is 0 Å². The van der Waals surface area contributed by atoms with Crippen molar-refractivity contribution in [2.75, 3.05) is 39.3 Å². The molecular weight excluding hydrogens is 294 g/mol. The lowest BCUT2D eigenvalue weighted by molar-refractivity contribution is 0.170. The lowest BCUT2D eigenvalue weighted by atomic mass is 10.0. The van der Waals surface area contributed by atoms with Crippen molar-refractivity contribution in [2.45, 2.75) is 39.8 Å². The summed E-state index contributed by atoms with van der Waals surface area (Å²) >= 11 is 0. The minimum atomic E-state index is 0. The van der Waals surface area contributed by atoms with Gasteiger partial charge in [-0.3, -0.25) is 9.80 Å². The van der Waals surface area contributed by atoms with Crippen molar-refractivity contribution in [1.29, 1.82) is 0 Å². The number of aryl methyl sites for hydroxylation is 3. The van der Waals surface area contributed by atoms with E-state index in [0.29, 0.717) is 0 Å². The van der Waals surface area contributed by atoms with Gasteiger partial charge in [-0.25, -0.2) is 0 Å². The van der Waals surface area contributed by atoms with Gasteiger partial charge < -0.3 is 5.32 Å². The van der Waals surface area contributed by atoms with Crippen LogP contribution in [0.15, 0.2) is 12.1 Å². The molecule has 1 unspecified atom stereocenters. The molecule has 4 heteroatoms. The first-order chi connectivity index (χ1) is 10.1. The second kappa shape index (κ2) is 7.78. The molecule has 0 aliphatic carbocycles. The average molecular weight is 324 g/mol. The number of nitrogens with zero attached hydrogens (tertiary/aromatic N) is 2. The highest BCUT2D eigenvalue weighted by molar-refractivity contribution is 5.85. The van der Waals surface area contributed by atoms with Gasteiger partial charge in [0.2, 0.25) is 0 Å². The number of halogens is 1.